The number of halogens is 1. The molecular weight excluding hydrogens is 278 g/mol. The SMILES string of the molecule is NC(=O)c1cc2ccccc2nc1-n1cc(Cl)c(N)n1. The highest BCUT2D eigenvalue weighted by atomic mass is 35.5. The van der Waals surface area contributed by atoms with Gasteiger partial charge in [-0.15, -0.1) is 5.10 Å². The molecule has 0 fully saturated rings. The number of rotatable bonds is 2. The number of primary amides is 1. The van der Waals surface area contributed by atoms with Crippen molar-refractivity contribution in [3.8, 4) is 5.82 Å². The molecule has 0 saturated carbocycles. The Kier molecular flexibility index (Phi) is 2.80. The van der Waals surface area contributed by atoms with E-state index in [2.05, 4.69) is 10.1 Å². The summed E-state index contributed by atoms with van der Waals surface area (Å²) in [5, 5.41) is 5.13. The van der Waals surface area contributed by atoms with Gasteiger partial charge in [0.05, 0.1) is 17.3 Å². The summed E-state index contributed by atoms with van der Waals surface area (Å²) in [5.74, 6) is -0.129. The van der Waals surface area contributed by atoms with Crippen LogP contribution in [-0.4, -0.2) is 20.7 Å². The Balaban J connectivity index is 2.32. The van der Waals surface area contributed by atoms with Gasteiger partial charge in [0.2, 0.25) is 0 Å². The van der Waals surface area contributed by atoms with Gasteiger partial charge in [0.1, 0.15) is 5.02 Å². The molecule has 3 rings (SSSR count). The molecule has 1 aromatic carbocycles. The molecule has 0 aliphatic carbocycles. The Morgan fingerprint density at radius 2 is 2.05 bits per heavy atom. The quantitative estimate of drug-likeness (QED) is 0.750. The van der Waals surface area contributed by atoms with Gasteiger partial charge in [-0.3, -0.25) is 4.79 Å². The van der Waals surface area contributed by atoms with Crippen LogP contribution in [0.5, 0.6) is 0 Å². The molecule has 0 aliphatic heterocycles. The minimum absolute atomic E-state index is 0.164. The minimum atomic E-state index is -0.594. The van der Waals surface area contributed by atoms with E-state index in [0.29, 0.717) is 5.82 Å². The van der Waals surface area contributed by atoms with Crippen molar-refractivity contribution in [1.82, 2.24) is 14.8 Å². The summed E-state index contributed by atoms with van der Waals surface area (Å²) in [4.78, 5) is 16.0. The second-order valence-corrected chi connectivity index (χ2v) is 4.63. The first kappa shape index (κ1) is 12.4. The lowest BCUT2D eigenvalue weighted by Gasteiger charge is -2.07. The van der Waals surface area contributed by atoms with Crippen molar-refractivity contribution in [1.29, 1.82) is 0 Å². The van der Waals surface area contributed by atoms with Gasteiger partial charge in [-0.05, 0) is 12.1 Å². The molecule has 2 heterocycles. The van der Waals surface area contributed by atoms with Crippen LogP contribution in [0.3, 0.4) is 0 Å². The second-order valence-electron chi connectivity index (χ2n) is 4.22. The smallest absolute Gasteiger partial charge is 0.252 e. The first-order chi connectivity index (χ1) is 9.56. The first-order valence-electron chi connectivity index (χ1n) is 5.77. The minimum Gasteiger partial charge on any atom is -0.381 e. The van der Waals surface area contributed by atoms with E-state index in [4.69, 9.17) is 23.1 Å². The summed E-state index contributed by atoms with van der Waals surface area (Å²) < 4.78 is 1.35. The normalized spacial score (nSPS) is 10.8. The van der Waals surface area contributed by atoms with Crippen molar-refractivity contribution in [2.45, 2.75) is 0 Å². The highest BCUT2D eigenvalue weighted by Crippen LogP contribution is 2.22. The molecule has 2 aromatic heterocycles. The molecule has 0 atom stereocenters. The van der Waals surface area contributed by atoms with E-state index in [-0.39, 0.29) is 16.4 Å². The van der Waals surface area contributed by atoms with Gasteiger partial charge in [-0.25, -0.2) is 9.67 Å². The number of nitrogen functional groups attached to an aromatic ring is 1. The number of para-hydroxylation sites is 1. The highest BCUT2D eigenvalue weighted by molar-refractivity contribution is 6.32. The summed E-state index contributed by atoms with van der Waals surface area (Å²) in [5.41, 5.74) is 12.0. The predicted molar refractivity (Wildman–Crippen MR) is 76.8 cm³/mol. The van der Waals surface area contributed by atoms with E-state index in [1.54, 1.807) is 6.07 Å². The first-order valence-corrected chi connectivity index (χ1v) is 6.14. The van der Waals surface area contributed by atoms with Gasteiger partial charge in [0.25, 0.3) is 5.91 Å². The van der Waals surface area contributed by atoms with Crippen LogP contribution in [0.1, 0.15) is 10.4 Å². The van der Waals surface area contributed by atoms with Crippen LogP contribution in [-0.2, 0) is 0 Å². The number of fused-ring (bicyclic) bond motifs is 1. The number of hydrogen-bond donors (Lipinski definition) is 2. The third kappa shape index (κ3) is 1.96. The summed E-state index contributed by atoms with van der Waals surface area (Å²) in [7, 11) is 0. The maximum Gasteiger partial charge on any atom is 0.252 e. The monoisotopic (exact) mass is 287 g/mol. The van der Waals surface area contributed by atoms with E-state index in [1.807, 2.05) is 24.3 Å². The number of benzene rings is 1. The van der Waals surface area contributed by atoms with Gasteiger partial charge in [-0.1, -0.05) is 29.8 Å². The second kappa shape index (κ2) is 4.50. The summed E-state index contributed by atoms with van der Waals surface area (Å²) in [6.07, 6.45) is 1.49. The predicted octanol–water partition coefficient (Wildman–Crippen LogP) is 1.75. The lowest BCUT2D eigenvalue weighted by Crippen LogP contribution is -2.16. The third-order valence-corrected chi connectivity index (χ3v) is 3.17. The van der Waals surface area contributed by atoms with E-state index < -0.39 is 5.91 Å². The molecule has 0 unspecified atom stereocenters. The number of amides is 1. The molecule has 7 heteroatoms. The highest BCUT2D eigenvalue weighted by Gasteiger charge is 2.15. The summed E-state index contributed by atoms with van der Waals surface area (Å²) >= 11 is 5.88. The lowest BCUT2D eigenvalue weighted by molar-refractivity contribution is 0.1000. The van der Waals surface area contributed by atoms with Crippen molar-refractivity contribution >= 4 is 34.2 Å². The van der Waals surface area contributed by atoms with Crippen molar-refractivity contribution in [3.05, 3.63) is 47.1 Å². The molecule has 1 amide bonds. The molecule has 6 nitrogen and oxygen atoms in total. The number of carbonyl (C=O) groups is 1. The van der Waals surface area contributed by atoms with Crippen molar-refractivity contribution in [2.75, 3.05) is 5.73 Å². The van der Waals surface area contributed by atoms with Gasteiger partial charge < -0.3 is 11.5 Å². The topological polar surface area (TPSA) is 99.8 Å². The fraction of sp³-hybridized carbons (Fsp3) is 0. The number of carbonyl (C=O) groups excluding carboxylic acids is 1. The molecule has 20 heavy (non-hydrogen) atoms. The number of pyridine rings is 1. The van der Waals surface area contributed by atoms with Crippen LogP contribution in [0.4, 0.5) is 5.82 Å². The third-order valence-electron chi connectivity index (χ3n) is 2.88. The Hall–Kier alpha value is -2.60. The van der Waals surface area contributed by atoms with Crippen LogP contribution in [0, 0.1) is 0 Å². The average molecular weight is 288 g/mol. The number of hydrogen-bond acceptors (Lipinski definition) is 4. The van der Waals surface area contributed by atoms with Gasteiger partial charge in [0.15, 0.2) is 11.6 Å². The van der Waals surface area contributed by atoms with Crippen LogP contribution in [0.25, 0.3) is 16.7 Å². The zero-order valence-corrected chi connectivity index (χ0v) is 11.0. The van der Waals surface area contributed by atoms with E-state index in [0.717, 1.165) is 10.9 Å². The van der Waals surface area contributed by atoms with E-state index in [1.165, 1.54) is 10.9 Å². The van der Waals surface area contributed by atoms with E-state index in [9.17, 15) is 4.79 Å². The average Bonchev–Trinajstić information content (AvgIpc) is 2.77. The molecular formula is C13H10ClN5O. The Labute approximate surface area is 119 Å². The van der Waals surface area contributed by atoms with Crippen LogP contribution >= 0.6 is 11.6 Å². The maximum absolute atomic E-state index is 11.6. The molecule has 0 aliphatic rings. The maximum atomic E-state index is 11.6. The van der Waals surface area contributed by atoms with Crippen LogP contribution < -0.4 is 11.5 Å². The molecule has 4 N–H and O–H groups in total. The fourth-order valence-electron chi connectivity index (χ4n) is 1.94. The van der Waals surface area contributed by atoms with Gasteiger partial charge in [0, 0.05) is 5.39 Å². The zero-order valence-electron chi connectivity index (χ0n) is 10.2. The Morgan fingerprint density at radius 3 is 2.70 bits per heavy atom. The summed E-state index contributed by atoms with van der Waals surface area (Å²) in [6, 6.07) is 9.07. The number of anilines is 1. The summed E-state index contributed by atoms with van der Waals surface area (Å²) in [6.45, 7) is 0. The van der Waals surface area contributed by atoms with Gasteiger partial charge in [-0.2, -0.15) is 0 Å². The van der Waals surface area contributed by atoms with Crippen molar-refractivity contribution in [3.63, 3.8) is 0 Å². The molecule has 0 bridgehead atoms. The van der Waals surface area contributed by atoms with E-state index >= 15 is 0 Å². The van der Waals surface area contributed by atoms with Crippen LogP contribution in [0.2, 0.25) is 5.02 Å². The Morgan fingerprint density at radius 1 is 1.30 bits per heavy atom. The standard InChI is InChI=1S/C13H10ClN5O/c14-9-6-19(18-11(9)15)13-8(12(16)20)5-7-3-1-2-4-10(7)17-13/h1-6H,(H2,15,18)(H2,16,20). The molecule has 100 valence electrons. The van der Waals surface area contributed by atoms with Gasteiger partial charge >= 0.3 is 0 Å². The molecule has 3 aromatic rings. The zero-order chi connectivity index (χ0) is 14.3. The lowest BCUT2D eigenvalue weighted by atomic mass is 10.1. The fourth-order valence-corrected chi connectivity index (χ4v) is 2.07. The molecule has 0 spiro atoms. The Bertz CT molecular complexity index is 807. The van der Waals surface area contributed by atoms with Crippen molar-refractivity contribution in [2.24, 2.45) is 5.73 Å². The number of nitrogens with two attached hydrogens (primary N) is 2. The number of aromatic nitrogens is 3. The van der Waals surface area contributed by atoms with Crippen LogP contribution in [0.15, 0.2) is 36.5 Å². The largest absolute Gasteiger partial charge is 0.381 e. The number of nitrogens with zero attached hydrogens (tertiary/aromatic N) is 3. The molecule has 0 saturated heterocycles. The molecule has 0 radical (unpaired) electrons. The van der Waals surface area contributed by atoms with Crippen molar-refractivity contribution < 1.29 is 4.79 Å².